The smallest absolute Gasteiger partial charge is 0.0471 e. The minimum atomic E-state index is 0.415. The maximum absolute atomic E-state index is 5.91. The van der Waals surface area contributed by atoms with Gasteiger partial charge in [-0.2, -0.15) is 0 Å². The lowest BCUT2D eigenvalue weighted by atomic mass is 9.82. The molecular weight excluding hydrogens is 176 g/mol. The van der Waals surface area contributed by atoms with Gasteiger partial charge in [-0.3, -0.25) is 0 Å². The Bertz CT molecular complexity index is 190. The van der Waals surface area contributed by atoms with Gasteiger partial charge in [-0.1, -0.05) is 6.92 Å². The molecule has 0 aromatic heterocycles. The fourth-order valence-corrected chi connectivity index (χ4v) is 2.57. The highest BCUT2D eigenvalue weighted by molar-refractivity contribution is 4.85. The molecule has 2 rings (SSSR count). The van der Waals surface area contributed by atoms with Gasteiger partial charge in [0, 0.05) is 32.3 Å². The third-order valence-corrected chi connectivity index (χ3v) is 3.61. The highest BCUT2D eigenvalue weighted by Gasteiger charge is 2.31. The Hall–Kier alpha value is -0.120. The van der Waals surface area contributed by atoms with Gasteiger partial charge in [-0.05, 0) is 31.2 Å². The summed E-state index contributed by atoms with van der Waals surface area (Å²) < 4.78 is 5.41. The van der Waals surface area contributed by atoms with Crippen LogP contribution in [0.5, 0.6) is 0 Å². The molecule has 2 aliphatic rings. The largest absolute Gasteiger partial charge is 0.381 e. The van der Waals surface area contributed by atoms with Gasteiger partial charge < -0.3 is 15.4 Å². The first kappa shape index (κ1) is 10.4. The fraction of sp³-hybridized carbons (Fsp3) is 1.00. The first-order valence-corrected chi connectivity index (χ1v) is 5.74. The average molecular weight is 198 g/mol. The Balaban J connectivity index is 1.83. The van der Waals surface area contributed by atoms with Crippen molar-refractivity contribution < 1.29 is 4.74 Å². The SMILES string of the molecule is CC1(CN2CCC(N)C2)CCOCC1. The van der Waals surface area contributed by atoms with Crippen LogP contribution in [0.2, 0.25) is 0 Å². The molecule has 82 valence electrons. The first-order valence-electron chi connectivity index (χ1n) is 5.74. The first-order chi connectivity index (χ1) is 6.68. The molecule has 2 aliphatic heterocycles. The number of likely N-dealkylation sites (tertiary alicyclic amines) is 1. The van der Waals surface area contributed by atoms with Crippen molar-refractivity contribution >= 4 is 0 Å². The lowest BCUT2D eigenvalue weighted by molar-refractivity contribution is 0.00840. The zero-order chi connectivity index (χ0) is 10.0. The molecule has 0 aromatic rings. The van der Waals surface area contributed by atoms with E-state index in [9.17, 15) is 0 Å². The summed E-state index contributed by atoms with van der Waals surface area (Å²) in [5.74, 6) is 0. The van der Waals surface area contributed by atoms with Crippen molar-refractivity contribution in [2.24, 2.45) is 11.1 Å². The van der Waals surface area contributed by atoms with Crippen LogP contribution in [-0.4, -0.2) is 43.8 Å². The molecule has 1 atom stereocenters. The Morgan fingerprint density at radius 3 is 2.71 bits per heavy atom. The van der Waals surface area contributed by atoms with Gasteiger partial charge in [0.15, 0.2) is 0 Å². The van der Waals surface area contributed by atoms with Gasteiger partial charge in [-0.15, -0.1) is 0 Å². The summed E-state index contributed by atoms with van der Waals surface area (Å²) in [4.78, 5) is 2.52. The summed E-state index contributed by atoms with van der Waals surface area (Å²) in [7, 11) is 0. The minimum absolute atomic E-state index is 0.415. The van der Waals surface area contributed by atoms with Crippen molar-refractivity contribution in [3.63, 3.8) is 0 Å². The Kier molecular flexibility index (Phi) is 3.10. The van der Waals surface area contributed by atoms with Crippen LogP contribution in [0.4, 0.5) is 0 Å². The second kappa shape index (κ2) is 4.17. The molecule has 0 aromatic carbocycles. The van der Waals surface area contributed by atoms with Crippen LogP contribution in [0.1, 0.15) is 26.2 Å². The van der Waals surface area contributed by atoms with Crippen LogP contribution in [0.25, 0.3) is 0 Å². The summed E-state index contributed by atoms with van der Waals surface area (Å²) >= 11 is 0. The fourth-order valence-electron chi connectivity index (χ4n) is 2.57. The number of hydrogen-bond donors (Lipinski definition) is 1. The van der Waals surface area contributed by atoms with Crippen molar-refractivity contribution in [1.82, 2.24) is 4.90 Å². The molecule has 0 aliphatic carbocycles. The third kappa shape index (κ3) is 2.47. The lowest BCUT2D eigenvalue weighted by Crippen LogP contribution is -2.39. The minimum Gasteiger partial charge on any atom is -0.381 e. The maximum atomic E-state index is 5.91. The molecule has 0 amide bonds. The van der Waals surface area contributed by atoms with Crippen molar-refractivity contribution in [3.05, 3.63) is 0 Å². The zero-order valence-corrected chi connectivity index (χ0v) is 9.17. The van der Waals surface area contributed by atoms with Gasteiger partial charge in [0.2, 0.25) is 0 Å². The molecule has 0 saturated carbocycles. The van der Waals surface area contributed by atoms with E-state index in [0.717, 1.165) is 19.8 Å². The summed E-state index contributed by atoms with van der Waals surface area (Å²) in [6.07, 6.45) is 3.59. The molecule has 1 unspecified atom stereocenters. The summed E-state index contributed by atoms with van der Waals surface area (Å²) in [6, 6.07) is 0.415. The zero-order valence-electron chi connectivity index (χ0n) is 9.17. The summed E-state index contributed by atoms with van der Waals surface area (Å²) in [5.41, 5.74) is 6.38. The number of nitrogens with zero attached hydrogens (tertiary/aromatic N) is 1. The van der Waals surface area contributed by atoms with Gasteiger partial charge in [0.25, 0.3) is 0 Å². The molecule has 0 radical (unpaired) electrons. The van der Waals surface area contributed by atoms with Crippen LogP contribution in [0.3, 0.4) is 0 Å². The second-order valence-electron chi connectivity index (χ2n) is 5.21. The van der Waals surface area contributed by atoms with E-state index in [0.29, 0.717) is 11.5 Å². The van der Waals surface area contributed by atoms with E-state index in [1.807, 2.05) is 0 Å². The molecule has 2 saturated heterocycles. The normalized spacial score (nSPS) is 33.4. The number of hydrogen-bond acceptors (Lipinski definition) is 3. The number of nitrogens with two attached hydrogens (primary N) is 1. The molecule has 2 fully saturated rings. The Morgan fingerprint density at radius 2 is 2.14 bits per heavy atom. The van der Waals surface area contributed by atoms with Crippen LogP contribution >= 0.6 is 0 Å². The highest BCUT2D eigenvalue weighted by Crippen LogP contribution is 2.31. The van der Waals surface area contributed by atoms with Gasteiger partial charge in [-0.25, -0.2) is 0 Å². The van der Waals surface area contributed by atoms with E-state index >= 15 is 0 Å². The highest BCUT2D eigenvalue weighted by atomic mass is 16.5. The molecular formula is C11H22N2O. The average Bonchev–Trinajstić information content (AvgIpc) is 2.51. The molecule has 3 nitrogen and oxygen atoms in total. The van der Waals surface area contributed by atoms with Crippen molar-refractivity contribution in [1.29, 1.82) is 0 Å². The van der Waals surface area contributed by atoms with Crippen LogP contribution in [0, 0.1) is 5.41 Å². The maximum Gasteiger partial charge on any atom is 0.0471 e. The summed E-state index contributed by atoms with van der Waals surface area (Å²) in [5, 5.41) is 0. The summed E-state index contributed by atoms with van der Waals surface area (Å²) in [6.45, 7) is 7.77. The van der Waals surface area contributed by atoms with Gasteiger partial charge in [0.1, 0.15) is 0 Å². The number of rotatable bonds is 2. The molecule has 3 heteroatoms. The van der Waals surface area contributed by atoms with Crippen molar-refractivity contribution in [2.45, 2.75) is 32.2 Å². The molecule has 0 spiro atoms. The topological polar surface area (TPSA) is 38.5 Å². The molecule has 14 heavy (non-hydrogen) atoms. The molecule has 2 N–H and O–H groups in total. The van der Waals surface area contributed by atoms with E-state index in [4.69, 9.17) is 10.5 Å². The standard InChI is InChI=1S/C11H22N2O/c1-11(3-6-14-7-4-11)9-13-5-2-10(12)8-13/h10H,2-9,12H2,1H3. The van der Waals surface area contributed by atoms with Gasteiger partial charge in [0.05, 0.1) is 0 Å². The van der Waals surface area contributed by atoms with E-state index < -0.39 is 0 Å². The Morgan fingerprint density at radius 1 is 1.43 bits per heavy atom. The Labute approximate surface area is 86.6 Å². The van der Waals surface area contributed by atoms with Crippen molar-refractivity contribution in [3.8, 4) is 0 Å². The lowest BCUT2D eigenvalue weighted by Gasteiger charge is -2.36. The van der Waals surface area contributed by atoms with E-state index in [2.05, 4.69) is 11.8 Å². The molecule has 0 bridgehead atoms. The predicted molar refractivity (Wildman–Crippen MR) is 57.2 cm³/mol. The van der Waals surface area contributed by atoms with Crippen LogP contribution in [-0.2, 0) is 4.74 Å². The number of ether oxygens (including phenoxy) is 1. The predicted octanol–water partition coefficient (Wildman–Crippen LogP) is 0.836. The van der Waals surface area contributed by atoms with Crippen LogP contribution < -0.4 is 5.73 Å². The van der Waals surface area contributed by atoms with E-state index in [1.54, 1.807) is 0 Å². The quantitative estimate of drug-likeness (QED) is 0.714. The van der Waals surface area contributed by atoms with Crippen LogP contribution in [0.15, 0.2) is 0 Å². The van der Waals surface area contributed by atoms with Gasteiger partial charge >= 0.3 is 0 Å². The molecule has 2 heterocycles. The van der Waals surface area contributed by atoms with Crippen molar-refractivity contribution in [2.75, 3.05) is 32.8 Å². The second-order valence-corrected chi connectivity index (χ2v) is 5.21. The van der Waals surface area contributed by atoms with E-state index in [1.165, 1.54) is 32.4 Å². The van der Waals surface area contributed by atoms with E-state index in [-0.39, 0.29) is 0 Å². The third-order valence-electron chi connectivity index (χ3n) is 3.61. The monoisotopic (exact) mass is 198 g/mol.